The quantitative estimate of drug-likeness (QED) is 0.717. The van der Waals surface area contributed by atoms with Crippen LogP contribution in [0.1, 0.15) is 49.8 Å². The summed E-state index contributed by atoms with van der Waals surface area (Å²) < 4.78 is 5.71. The molecule has 0 spiro atoms. The maximum Gasteiger partial charge on any atom is 0.260 e. The van der Waals surface area contributed by atoms with Gasteiger partial charge in [0.1, 0.15) is 11.6 Å². The molecule has 1 aromatic carbocycles. The molecule has 7 heteroatoms. The number of ether oxygens (including phenoxy) is 1. The minimum absolute atomic E-state index is 0.0178. The van der Waals surface area contributed by atoms with Crippen LogP contribution in [0.15, 0.2) is 30.3 Å². The number of hydrogen-bond acceptors (Lipinski definition) is 6. The molecule has 0 radical (unpaired) electrons. The number of piperidine rings is 2. The van der Waals surface area contributed by atoms with Crippen LogP contribution in [0.5, 0.6) is 5.75 Å². The van der Waals surface area contributed by atoms with Gasteiger partial charge in [-0.3, -0.25) is 4.79 Å². The van der Waals surface area contributed by atoms with E-state index < -0.39 is 0 Å². The van der Waals surface area contributed by atoms with E-state index in [0.717, 1.165) is 61.4 Å². The highest BCUT2D eigenvalue weighted by Crippen LogP contribution is 2.31. The largest absolute Gasteiger partial charge is 0.484 e. The second kappa shape index (κ2) is 9.76. The maximum absolute atomic E-state index is 12.9. The molecule has 0 atom stereocenters. The van der Waals surface area contributed by atoms with Crippen LogP contribution in [0, 0.1) is 0 Å². The van der Waals surface area contributed by atoms with E-state index >= 15 is 0 Å². The molecule has 4 heterocycles. The number of carbonyl (C=O) groups is 1. The highest BCUT2D eigenvalue weighted by molar-refractivity contribution is 5.78. The molecule has 170 valence electrons. The number of nitrogens with zero attached hydrogens (tertiary/aromatic N) is 5. The SMILES string of the molecule is O=C(COc1ccccc1)N1CCc2nc(N3CCCCC3)nc(N3CCCCC3)c2C1. The van der Waals surface area contributed by atoms with Crippen LogP contribution < -0.4 is 14.5 Å². The summed E-state index contributed by atoms with van der Waals surface area (Å²) >= 11 is 0. The van der Waals surface area contributed by atoms with Gasteiger partial charge in [0, 0.05) is 44.7 Å². The zero-order chi connectivity index (χ0) is 21.8. The Morgan fingerprint density at radius 1 is 0.844 bits per heavy atom. The summed E-state index contributed by atoms with van der Waals surface area (Å²) in [5.74, 6) is 2.68. The number of rotatable bonds is 5. The monoisotopic (exact) mass is 435 g/mol. The van der Waals surface area contributed by atoms with E-state index in [0.29, 0.717) is 13.1 Å². The van der Waals surface area contributed by atoms with Crippen molar-refractivity contribution in [1.82, 2.24) is 14.9 Å². The maximum atomic E-state index is 12.9. The van der Waals surface area contributed by atoms with Crippen molar-refractivity contribution < 1.29 is 9.53 Å². The normalized spacial score (nSPS) is 18.9. The Kier molecular flexibility index (Phi) is 6.41. The molecular weight excluding hydrogens is 402 g/mol. The van der Waals surface area contributed by atoms with E-state index in [9.17, 15) is 4.79 Å². The Hall–Kier alpha value is -2.83. The lowest BCUT2D eigenvalue weighted by Gasteiger charge is -2.36. The van der Waals surface area contributed by atoms with Crippen LogP contribution in [0.25, 0.3) is 0 Å². The summed E-state index contributed by atoms with van der Waals surface area (Å²) in [7, 11) is 0. The van der Waals surface area contributed by atoms with E-state index in [-0.39, 0.29) is 12.5 Å². The zero-order valence-electron chi connectivity index (χ0n) is 18.8. The van der Waals surface area contributed by atoms with E-state index in [2.05, 4.69) is 9.80 Å². The van der Waals surface area contributed by atoms with Crippen LogP contribution in [0.3, 0.4) is 0 Å². The van der Waals surface area contributed by atoms with Crippen molar-refractivity contribution in [3.8, 4) is 5.75 Å². The third-order valence-electron chi connectivity index (χ3n) is 6.78. The Balaban J connectivity index is 1.36. The summed E-state index contributed by atoms with van der Waals surface area (Å²) in [5, 5.41) is 0. The second-order valence-corrected chi connectivity index (χ2v) is 9.03. The minimum Gasteiger partial charge on any atom is -0.484 e. The van der Waals surface area contributed by atoms with Gasteiger partial charge in [0.15, 0.2) is 6.61 Å². The van der Waals surface area contributed by atoms with Crippen molar-refractivity contribution in [2.45, 2.75) is 51.5 Å². The molecule has 2 aromatic rings. The minimum atomic E-state index is 0.0178. The van der Waals surface area contributed by atoms with Crippen molar-refractivity contribution in [2.75, 3.05) is 49.1 Å². The second-order valence-electron chi connectivity index (χ2n) is 9.03. The van der Waals surface area contributed by atoms with Crippen molar-refractivity contribution in [3.63, 3.8) is 0 Å². The number of benzene rings is 1. The Morgan fingerprint density at radius 2 is 1.53 bits per heavy atom. The van der Waals surface area contributed by atoms with Crippen molar-refractivity contribution >= 4 is 17.7 Å². The molecule has 2 fully saturated rings. The first-order valence-electron chi connectivity index (χ1n) is 12.1. The first-order chi connectivity index (χ1) is 15.8. The number of anilines is 2. The van der Waals surface area contributed by atoms with Gasteiger partial charge in [-0.1, -0.05) is 18.2 Å². The molecular formula is C25H33N5O2. The zero-order valence-corrected chi connectivity index (χ0v) is 18.8. The Bertz CT molecular complexity index is 923. The fourth-order valence-electron chi connectivity index (χ4n) is 4.95. The number of amides is 1. The number of aromatic nitrogens is 2. The molecule has 0 N–H and O–H groups in total. The fraction of sp³-hybridized carbons (Fsp3) is 0.560. The Morgan fingerprint density at radius 3 is 2.25 bits per heavy atom. The van der Waals surface area contributed by atoms with Crippen LogP contribution in [0.2, 0.25) is 0 Å². The van der Waals surface area contributed by atoms with Gasteiger partial charge in [0.05, 0.1) is 12.2 Å². The summed E-state index contributed by atoms with van der Waals surface area (Å²) in [6, 6.07) is 9.53. The molecule has 0 bridgehead atoms. The first-order valence-corrected chi connectivity index (χ1v) is 12.1. The molecule has 3 aliphatic rings. The average Bonchev–Trinajstić information content (AvgIpc) is 2.88. The fourth-order valence-corrected chi connectivity index (χ4v) is 4.95. The highest BCUT2D eigenvalue weighted by atomic mass is 16.5. The molecule has 7 nitrogen and oxygen atoms in total. The number of fused-ring (bicyclic) bond motifs is 1. The predicted octanol–water partition coefficient (Wildman–Crippen LogP) is 3.42. The number of hydrogen-bond donors (Lipinski definition) is 0. The lowest BCUT2D eigenvalue weighted by Crippen LogP contribution is -2.41. The van der Waals surface area contributed by atoms with Gasteiger partial charge in [-0.05, 0) is 50.7 Å². The van der Waals surface area contributed by atoms with Gasteiger partial charge < -0.3 is 19.4 Å². The third kappa shape index (κ3) is 4.66. The lowest BCUT2D eigenvalue weighted by molar-refractivity contribution is -0.134. The molecule has 2 saturated heterocycles. The topological polar surface area (TPSA) is 61.8 Å². The summed E-state index contributed by atoms with van der Waals surface area (Å²) in [6.45, 7) is 5.46. The lowest BCUT2D eigenvalue weighted by atomic mass is 10.0. The number of carbonyl (C=O) groups excluding carboxylic acids is 1. The van der Waals surface area contributed by atoms with Crippen LogP contribution in [0.4, 0.5) is 11.8 Å². The van der Waals surface area contributed by atoms with Crippen LogP contribution in [-0.4, -0.2) is 60.1 Å². The molecule has 1 amide bonds. The molecule has 32 heavy (non-hydrogen) atoms. The molecule has 3 aliphatic heterocycles. The van der Waals surface area contributed by atoms with Gasteiger partial charge >= 0.3 is 0 Å². The van der Waals surface area contributed by atoms with Crippen molar-refractivity contribution in [2.24, 2.45) is 0 Å². The third-order valence-corrected chi connectivity index (χ3v) is 6.78. The first kappa shape index (κ1) is 21.0. The van der Waals surface area contributed by atoms with Gasteiger partial charge in [-0.2, -0.15) is 4.98 Å². The van der Waals surface area contributed by atoms with Gasteiger partial charge in [-0.25, -0.2) is 4.98 Å². The highest BCUT2D eigenvalue weighted by Gasteiger charge is 2.29. The van der Waals surface area contributed by atoms with Gasteiger partial charge in [0.25, 0.3) is 5.91 Å². The van der Waals surface area contributed by atoms with E-state index in [1.807, 2.05) is 35.2 Å². The molecule has 0 unspecified atom stereocenters. The Labute approximate surface area is 190 Å². The smallest absolute Gasteiger partial charge is 0.260 e. The standard InChI is InChI=1S/C25H33N5O2/c31-23(19-32-20-10-4-1-5-11-20)30-17-12-22-21(18-30)24(28-13-6-2-7-14-28)27-25(26-22)29-15-8-3-9-16-29/h1,4-5,10-11H,2-3,6-9,12-19H2. The molecule has 0 saturated carbocycles. The van der Waals surface area contributed by atoms with Crippen molar-refractivity contribution in [3.05, 3.63) is 41.6 Å². The summed E-state index contributed by atoms with van der Waals surface area (Å²) in [4.78, 5) is 29.7. The van der Waals surface area contributed by atoms with E-state index in [1.165, 1.54) is 38.5 Å². The molecule has 0 aliphatic carbocycles. The van der Waals surface area contributed by atoms with E-state index in [1.54, 1.807) is 0 Å². The number of para-hydroxylation sites is 1. The summed E-state index contributed by atoms with van der Waals surface area (Å²) in [6.07, 6.45) is 8.17. The van der Waals surface area contributed by atoms with Gasteiger partial charge in [-0.15, -0.1) is 0 Å². The van der Waals surface area contributed by atoms with Crippen molar-refractivity contribution in [1.29, 1.82) is 0 Å². The predicted molar refractivity (Wildman–Crippen MR) is 125 cm³/mol. The van der Waals surface area contributed by atoms with Gasteiger partial charge in [0.2, 0.25) is 5.95 Å². The van der Waals surface area contributed by atoms with E-state index in [4.69, 9.17) is 14.7 Å². The van der Waals surface area contributed by atoms with Crippen LogP contribution >= 0.6 is 0 Å². The molecule has 1 aromatic heterocycles. The average molecular weight is 436 g/mol. The summed E-state index contributed by atoms with van der Waals surface area (Å²) in [5.41, 5.74) is 2.25. The van der Waals surface area contributed by atoms with Crippen LogP contribution in [-0.2, 0) is 17.8 Å². The molecule has 5 rings (SSSR count).